The third-order valence-electron chi connectivity index (χ3n) is 3.51. The van der Waals surface area contributed by atoms with Gasteiger partial charge in [0.2, 0.25) is 11.8 Å². The van der Waals surface area contributed by atoms with Crippen LogP contribution in [0.2, 0.25) is 0 Å². The van der Waals surface area contributed by atoms with E-state index in [1.165, 1.54) is 0 Å². The molecule has 0 radical (unpaired) electrons. The van der Waals surface area contributed by atoms with E-state index in [0.717, 1.165) is 6.42 Å². The minimum Gasteiger partial charge on any atom is -0.380 e. The Morgan fingerprint density at radius 1 is 1.33 bits per heavy atom. The topological polar surface area (TPSA) is 58.6 Å². The number of hydrogen-bond acceptors (Lipinski definition) is 3. The van der Waals surface area contributed by atoms with Crippen LogP contribution >= 0.6 is 0 Å². The molecular formula is C13H24N2O3. The molecule has 5 heteroatoms. The molecule has 0 saturated carbocycles. The number of rotatable bonds is 6. The molecule has 0 aromatic carbocycles. The van der Waals surface area contributed by atoms with Gasteiger partial charge in [0.15, 0.2) is 0 Å². The first-order chi connectivity index (χ1) is 8.46. The fourth-order valence-electron chi connectivity index (χ4n) is 2.01. The zero-order valence-corrected chi connectivity index (χ0v) is 11.8. The van der Waals surface area contributed by atoms with Gasteiger partial charge in [-0.05, 0) is 26.7 Å². The van der Waals surface area contributed by atoms with E-state index in [4.69, 9.17) is 4.74 Å². The van der Waals surface area contributed by atoms with Gasteiger partial charge in [-0.15, -0.1) is 0 Å². The summed E-state index contributed by atoms with van der Waals surface area (Å²) < 4.78 is 5.39. The Balaban J connectivity index is 2.67. The minimum absolute atomic E-state index is 0.0165. The molecule has 0 aromatic heterocycles. The molecule has 2 unspecified atom stereocenters. The molecule has 2 amide bonds. The Morgan fingerprint density at radius 2 is 2.00 bits per heavy atom. The lowest BCUT2D eigenvalue weighted by Gasteiger charge is -2.42. The van der Waals surface area contributed by atoms with Gasteiger partial charge in [0, 0.05) is 13.2 Å². The van der Waals surface area contributed by atoms with E-state index in [2.05, 4.69) is 5.32 Å². The summed E-state index contributed by atoms with van der Waals surface area (Å²) in [6.45, 7) is 9.12. The van der Waals surface area contributed by atoms with E-state index in [0.29, 0.717) is 26.2 Å². The summed E-state index contributed by atoms with van der Waals surface area (Å²) >= 11 is 0. The zero-order valence-electron chi connectivity index (χ0n) is 11.8. The van der Waals surface area contributed by atoms with E-state index in [9.17, 15) is 9.59 Å². The van der Waals surface area contributed by atoms with Crippen LogP contribution in [-0.2, 0) is 14.3 Å². The Hall–Kier alpha value is -1.10. The van der Waals surface area contributed by atoms with Gasteiger partial charge in [0.05, 0.1) is 6.61 Å². The average molecular weight is 256 g/mol. The predicted octanol–water partition coefficient (Wildman–Crippen LogP) is 0.929. The second-order valence-electron chi connectivity index (χ2n) is 4.96. The molecule has 104 valence electrons. The third-order valence-corrected chi connectivity index (χ3v) is 3.51. The van der Waals surface area contributed by atoms with Crippen molar-refractivity contribution in [3.63, 3.8) is 0 Å². The molecule has 2 atom stereocenters. The lowest BCUT2D eigenvalue weighted by molar-refractivity contribution is -0.154. The molecule has 1 N–H and O–H groups in total. The predicted molar refractivity (Wildman–Crippen MR) is 69.1 cm³/mol. The number of nitrogens with zero attached hydrogens (tertiary/aromatic N) is 1. The first-order valence-corrected chi connectivity index (χ1v) is 6.67. The van der Waals surface area contributed by atoms with Crippen molar-refractivity contribution in [1.29, 1.82) is 0 Å². The number of carbonyl (C=O) groups is 2. The highest BCUT2D eigenvalue weighted by atomic mass is 16.5. The Labute approximate surface area is 109 Å². The first kappa shape index (κ1) is 15.0. The first-order valence-electron chi connectivity index (χ1n) is 6.67. The Bertz CT molecular complexity index is 319. The van der Waals surface area contributed by atoms with E-state index in [-0.39, 0.29) is 11.8 Å². The lowest BCUT2D eigenvalue weighted by atomic mass is 9.92. The molecule has 1 fully saturated rings. The van der Waals surface area contributed by atoms with Crippen molar-refractivity contribution >= 4 is 11.8 Å². The van der Waals surface area contributed by atoms with Gasteiger partial charge in [-0.3, -0.25) is 9.59 Å². The van der Waals surface area contributed by atoms with Crippen LogP contribution in [-0.4, -0.2) is 48.1 Å². The summed E-state index contributed by atoms with van der Waals surface area (Å²) in [5, 5.41) is 2.80. The van der Waals surface area contributed by atoms with Crippen molar-refractivity contribution in [2.75, 3.05) is 19.8 Å². The fourth-order valence-corrected chi connectivity index (χ4v) is 2.01. The summed E-state index contributed by atoms with van der Waals surface area (Å²) in [5.41, 5.74) is -0.769. The summed E-state index contributed by atoms with van der Waals surface area (Å²) in [6.07, 6.45) is 1.55. The van der Waals surface area contributed by atoms with Crippen molar-refractivity contribution in [3.8, 4) is 0 Å². The standard InChI is InChI=1S/C13H24N2O3/c1-5-8-18-9-7-15-10(3)11(16)14-13(4,6-2)12(15)17/h10H,5-9H2,1-4H3,(H,14,16). The van der Waals surface area contributed by atoms with Crippen LogP contribution in [0.4, 0.5) is 0 Å². The maximum Gasteiger partial charge on any atom is 0.248 e. The molecule has 0 spiro atoms. The summed E-state index contributed by atoms with van der Waals surface area (Å²) in [4.78, 5) is 25.8. The van der Waals surface area contributed by atoms with Gasteiger partial charge < -0.3 is 15.0 Å². The molecule has 1 aliphatic heterocycles. The maximum atomic E-state index is 12.4. The molecule has 1 saturated heterocycles. The second kappa shape index (κ2) is 6.18. The SMILES string of the molecule is CCCOCCN1C(=O)C(C)(CC)NC(=O)C1C. The maximum absolute atomic E-state index is 12.4. The van der Waals surface area contributed by atoms with Crippen LogP contribution < -0.4 is 5.32 Å². The van der Waals surface area contributed by atoms with Crippen molar-refractivity contribution in [3.05, 3.63) is 0 Å². The summed E-state index contributed by atoms with van der Waals surface area (Å²) in [6, 6.07) is -0.414. The van der Waals surface area contributed by atoms with Gasteiger partial charge in [0.25, 0.3) is 0 Å². The average Bonchev–Trinajstić information content (AvgIpc) is 2.36. The van der Waals surface area contributed by atoms with Crippen LogP contribution in [0.15, 0.2) is 0 Å². The third kappa shape index (κ3) is 3.02. The zero-order chi connectivity index (χ0) is 13.8. The van der Waals surface area contributed by atoms with Gasteiger partial charge >= 0.3 is 0 Å². The molecular weight excluding hydrogens is 232 g/mol. The van der Waals surface area contributed by atoms with Crippen LogP contribution in [0.1, 0.15) is 40.5 Å². The fraction of sp³-hybridized carbons (Fsp3) is 0.846. The van der Waals surface area contributed by atoms with Crippen molar-refractivity contribution in [1.82, 2.24) is 10.2 Å². The van der Waals surface area contributed by atoms with Crippen molar-refractivity contribution in [2.45, 2.75) is 52.1 Å². The van der Waals surface area contributed by atoms with Crippen LogP contribution in [0.5, 0.6) is 0 Å². The molecule has 0 aliphatic carbocycles. The number of ether oxygens (including phenoxy) is 1. The van der Waals surface area contributed by atoms with Crippen molar-refractivity contribution in [2.24, 2.45) is 0 Å². The van der Waals surface area contributed by atoms with Gasteiger partial charge in [0.1, 0.15) is 11.6 Å². The number of hydrogen-bond donors (Lipinski definition) is 1. The van der Waals surface area contributed by atoms with Gasteiger partial charge in [-0.1, -0.05) is 13.8 Å². The monoisotopic (exact) mass is 256 g/mol. The summed E-state index contributed by atoms with van der Waals surface area (Å²) in [5.74, 6) is -0.105. The Kier molecular flexibility index (Phi) is 5.14. The van der Waals surface area contributed by atoms with E-state index >= 15 is 0 Å². The number of amides is 2. The van der Waals surface area contributed by atoms with Crippen LogP contribution in [0.25, 0.3) is 0 Å². The largest absolute Gasteiger partial charge is 0.380 e. The molecule has 1 heterocycles. The number of carbonyl (C=O) groups excluding carboxylic acids is 2. The molecule has 1 rings (SSSR count). The van der Waals surface area contributed by atoms with E-state index < -0.39 is 11.6 Å². The highest BCUT2D eigenvalue weighted by Crippen LogP contribution is 2.20. The smallest absolute Gasteiger partial charge is 0.248 e. The van der Waals surface area contributed by atoms with E-state index in [1.807, 2.05) is 13.8 Å². The van der Waals surface area contributed by atoms with Gasteiger partial charge in [-0.2, -0.15) is 0 Å². The second-order valence-corrected chi connectivity index (χ2v) is 4.96. The van der Waals surface area contributed by atoms with Crippen molar-refractivity contribution < 1.29 is 14.3 Å². The van der Waals surface area contributed by atoms with E-state index in [1.54, 1.807) is 18.7 Å². The Morgan fingerprint density at radius 3 is 2.56 bits per heavy atom. The minimum atomic E-state index is -0.769. The highest BCUT2D eigenvalue weighted by molar-refractivity contribution is 5.99. The molecule has 0 bridgehead atoms. The highest BCUT2D eigenvalue weighted by Gasteiger charge is 2.44. The van der Waals surface area contributed by atoms with Crippen LogP contribution in [0.3, 0.4) is 0 Å². The van der Waals surface area contributed by atoms with Crippen LogP contribution in [0, 0.1) is 0 Å². The molecule has 5 nitrogen and oxygen atoms in total. The normalized spacial score (nSPS) is 28.4. The molecule has 18 heavy (non-hydrogen) atoms. The summed E-state index contributed by atoms with van der Waals surface area (Å²) in [7, 11) is 0. The molecule has 0 aromatic rings. The lowest BCUT2D eigenvalue weighted by Crippen LogP contribution is -2.68. The number of piperazine rings is 1. The molecule has 1 aliphatic rings. The quantitative estimate of drug-likeness (QED) is 0.719. The number of nitrogens with one attached hydrogen (secondary N) is 1. The van der Waals surface area contributed by atoms with Gasteiger partial charge in [-0.25, -0.2) is 0 Å².